The summed E-state index contributed by atoms with van der Waals surface area (Å²) in [5.41, 5.74) is 0.666. The van der Waals surface area contributed by atoms with Gasteiger partial charge in [-0.3, -0.25) is 0 Å². The van der Waals surface area contributed by atoms with Crippen molar-refractivity contribution < 1.29 is 17.9 Å². The Morgan fingerprint density at radius 3 is 2.68 bits per heavy atom. The SMILES string of the molecule is CC(C)(C)OC(=O)N1CCc2sc(CN[C@H]3CCN(S(=O)(=O)c4ccc5cc(Cl)ccc5c4)C3)cc2C1. The lowest BCUT2D eigenvalue weighted by atomic mass is 10.1. The number of hydrogen-bond donors (Lipinski definition) is 1. The van der Waals surface area contributed by atoms with E-state index in [1.807, 2.05) is 39.0 Å². The van der Waals surface area contributed by atoms with E-state index in [1.165, 1.54) is 15.3 Å². The molecule has 3 heterocycles. The molecule has 1 aromatic heterocycles. The van der Waals surface area contributed by atoms with Crippen molar-refractivity contribution in [3.8, 4) is 0 Å². The van der Waals surface area contributed by atoms with E-state index in [1.54, 1.807) is 38.7 Å². The predicted molar refractivity (Wildman–Crippen MR) is 148 cm³/mol. The third-order valence-electron chi connectivity index (χ3n) is 6.70. The maximum atomic E-state index is 13.3. The summed E-state index contributed by atoms with van der Waals surface area (Å²) in [6, 6.07) is 12.9. The molecule has 198 valence electrons. The second-order valence-electron chi connectivity index (χ2n) is 10.7. The van der Waals surface area contributed by atoms with Crippen molar-refractivity contribution in [2.75, 3.05) is 19.6 Å². The molecule has 1 atom stereocenters. The average molecular weight is 562 g/mol. The van der Waals surface area contributed by atoms with E-state index in [9.17, 15) is 13.2 Å². The molecule has 0 aliphatic carbocycles. The average Bonchev–Trinajstić information content (AvgIpc) is 3.48. The number of benzene rings is 2. The zero-order valence-electron chi connectivity index (χ0n) is 21.3. The van der Waals surface area contributed by atoms with Crippen LogP contribution in [0.4, 0.5) is 4.79 Å². The van der Waals surface area contributed by atoms with Crippen LogP contribution < -0.4 is 5.32 Å². The number of fused-ring (bicyclic) bond motifs is 2. The van der Waals surface area contributed by atoms with Crippen molar-refractivity contribution in [2.45, 2.75) is 63.2 Å². The number of carbonyl (C=O) groups excluding carboxylic acids is 1. The number of thiophene rings is 1. The van der Waals surface area contributed by atoms with Crippen LogP contribution in [0, 0.1) is 0 Å². The maximum Gasteiger partial charge on any atom is 0.410 e. The molecule has 7 nitrogen and oxygen atoms in total. The van der Waals surface area contributed by atoms with Gasteiger partial charge in [0, 0.05) is 47.0 Å². The Morgan fingerprint density at radius 1 is 1.14 bits per heavy atom. The van der Waals surface area contributed by atoms with Gasteiger partial charge in [-0.1, -0.05) is 23.7 Å². The fraction of sp³-hybridized carbons (Fsp3) is 0.444. The van der Waals surface area contributed by atoms with Crippen LogP contribution in [0.3, 0.4) is 0 Å². The zero-order valence-corrected chi connectivity index (χ0v) is 23.7. The molecule has 0 bridgehead atoms. The fourth-order valence-electron chi connectivity index (χ4n) is 4.83. The first-order chi connectivity index (χ1) is 17.5. The molecule has 1 N–H and O–H groups in total. The zero-order chi connectivity index (χ0) is 26.4. The number of halogens is 1. The molecule has 37 heavy (non-hydrogen) atoms. The van der Waals surface area contributed by atoms with Crippen molar-refractivity contribution in [2.24, 2.45) is 0 Å². The highest BCUT2D eigenvalue weighted by atomic mass is 35.5. The molecular weight excluding hydrogens is 530 g/mol. The number of nitrogens with one attached hydrogen (secondary N) is 1. The number of carbonyl (C=O) groups is 1. The number of ether oxygens (including phenoxy) is 1. The van der Waals surface area contributed by atoms with Gasteiger partial charge in [0.05, 0.1) is 11.4 Å². The summed E-state index contributed by atoms with van der Waals surface area (Å²) in [5, 5.41) is 5.94. The van der Waals surface area contributed by atoms with E-state index in [2.05, 4.69) is 11.4 Å². The summed E-state index contributed by atoms with van der Waals surface area (Å²) < 4.78 is 33.7. The highest BCUT2D eigenvalue weighted by Crippen LogP contribution is 2.30. The molecule has 0 radical (unpaired) electrons. The molecule has 2 aromatic carbocycles. The van der Waals surface area contributed by atoms with Crippen LogP contribution in [0.15, 0.2) is 47.4 Å². The topological polar surface area (TPSA) is 79.0 Å². The van der Waals surface area contributed by atoms with Gasteiger partial charge >= 0.3 is 6.09 Å². The lowest BCUT2D eigenvalue weighted by Gasteiger charge is -2.29. The highest BCUT2D eigenvalue weighted by molar-refractivity contribution is 7.89. The molecule has 0 unspecified atom stereocenters. The number of rotatable bonds is 5. The smallest absolute Gasteiger partial charge is 0.410 e. The van der Waals surface area contributed by atoms with Crippen molar-refractivity contribution in [1.82, 2.24) is 14.5 Å². The summed E-state index contributed by atoms with van der Waals surface area (Å²) in [6.45, 7) is 8.47. The minimum absolute atomic E-state index is 0.0893. The normalized spacial score (nSPS) is 18.8. The molecular formula is C27H32ClN3O4S2. The third-order valence-corrected chi connectivity index (χ3v) is 10.0. The molecule has 10 heteroatoms. The molecule has 3 aromatic rings. The summed E-state index contributed by atoms with van der Waals surface area (Å²) in [5.74, 6) is 0. The molecule has 1 fully saturated rings. The Hall–Kier alpha value is -2.17. The van der Waals surface area contributed by atoms with E-state index >= 15 is 0 Å². The van der Waals surface area contributed by atoms with Gasteiger partial charge in [0.2, 0.25) is 10.0 Å². The van der Waals surface area contributed by atoms with Gasteiger partial charge in [0.1, 0.15) is 5.60 Å². The van der Waals surface area contributed by atoms with Crippen LogP contribution in [0.25, 0.3) is 10.8 Å². The number of sulfonamides is 1. The monoisotopic (exact) mass is 561 g/mol. The first kappa shape index (κ1) is 26.4. The van der Waals surface area contributed by atoms with Crippen molar-refractivity contribution in [3.05, 3.63) is 62.8 Å². The van der Waals surface area contributed by atoms with Crippen LogP contribution >= 0.6 is 22.9 Å². The van der Waals surface area contributed by atoms with Gasteiger partial charge in [-0.15, -0.1) is 11.3 Å². The third kappa shape index (κ3) is 5.96. The quantitative estimate of drug-likeness (QED) is 0.451. The summed E-state index contributed by atoms with van der Waals surface area (Å²) in [7, 11) is -3.57. The highest BCUT2D eigenvalue weighted by Gasteiger charge is 2.33. The van der Waals surface area contributed by atoms with Gasteiger partial charge in [0.25, 0.3) is 0 Å². The first-order valence-electron chi connectivity index (χ1n) is 12.5. The van der Waals surface area contributed by atoms with E-state index < -0.39 is 15.6 Å². The van der Waals surface area contributed by atoms with Crippen LogP contribution in [-0.4, -0.2) is 55.0 Å². The Morgan fingerprint density at radius 2 is 1.89 bits per heavy atom. The first-order valence-corrected chi connectivity index (χ1v) is 15.1. The Bertz CT molecular complexity index is 1430. The molecule has 0 spiro atoms. The number of amides is 1. The minimum Gasteiger partial charge on any atom is -0.444 e. The van der Waals surface area contributed by atoms with Crippen LogP contribution in [-0.2, 0) is 34.3 Å². The van der Waals surface area contributed by atoms with E-state index in [0.717, 1.165) is 23.6 Å². The second kappa shape index (κ2) is 10.2. The van der Waals surface area contributed by atoms with E-state index in [0.29, 0.717) is 42.6 Å². The largest absolute Gasteiger partial charge is 0.444 e. The van der Waals surface area contributed by atoms with Gasteiger partial charge in [-0.05, 0) is 80.3 Å². The van der Waals surface area contributed by atoms with Gasteiger partial charge in [-0.2, -0.15) is 4.31 Å². The summed E-state index contributed by atoms with van der Waals surface area (Å²) in [6.07, 6.45) is 1.32. The second-order valence-corrected chi connectivity index (χ2v) is 14.3. The predicted octanol–water partition coefficient (Wildman–Crippen LogP) is 5.40. The summed E-state index contributed by atoms with van der Waals surface area (Å²) in [4.78, 5) is 17.0. The van der Waals surface area contributed by atoms with Crippen LogP contribution in [0.1, 0.15) is 42.5 Å². The van der Waals surface area contributed by atoms with Crippen LogP contribution in [0.2, 0.25) is 5.02 Å². The van der Waals surface area contributed by atoms with Gasteiger partial charge in [0.15, 0.2) is 0 Å². The molecule has 2 aliphatic rings. The van der Waals surface area contributed by atoms with Crippen molar-refractivity contribution in [1.29, 1.82) is 0 Å². The molecule has 1 saturated heterocycles. The molecule has 2 aliphatic heterocycles. The molecule has 0 saturated carbocycles. The molecule has 5 rings (SSSR count). The van der Waals surface area contributed by atoms with Gasteiger partial charge in [-0.25, -0.2) is 13.2 Å². The van der Waals surface area contributed by atoms with Crippen molar-refractivity contribution >= 4 is 49.8 Å². The Labute approximate surface area is 227 Å². The molecule has 1 amide bonds. The lowest BCUT2D eigenvalue weighted by molar-refractivity contribution is 0.0225. The van der Waals surface area contributed by atoms with Gasteiger partial charge < -0.3 is 15.0 Å². The van der Waals surface area contributed by atoms with Crippen molar-refractivity contribution in [3.63, 3.8) is 0 Å². The standard InChI is InChI=1S/C27H32ClN3O4S2/c1-27(2,3)35-26(32)30-10-9-25-20(16-30)13-23(36-25)15-29-22-8-11-31(17-22)37(33,34)24-7-5-18-12-21(28)6-4-19(18)14-24/h4-7,12-14,22,29H,8-11,15-17H2,1-3H3/t22-/m0/s1. The number of nitrogens with zero attached hydrogens (tertiary/aromatic N) is 2. The lowest BCUT2D eigenvalue weighted by Crippen LogP contribution is -2.39. The van der Waals surface area contributed by atoms with Crippen LogP contribution in [0.5, 0.6) is 0 Å². The van der Waals surface area contributed by atoms with E-state index in [-0.39, 0.29) is 12.1 Å². The minimum atomic E-state index is -3.57. The maximum absolute atomic E-state index is 13.3. The number of hydrogen-bond acceptors (Lipinski definition) is 6. The Balaban J connectivity index is 1.18. The summed E-state index contributed by atoms with van der Waals surface area (Å²) >= 11 is 7.83. The van der Waals surface area contributed by atoms with E-state index in [4.69, 9.17) is 16.3 Å². The fourth-order valence-corrected chi connectivity index (χ4v) is 7.66. The Kier molecular flexibility index (Phi) is 7.28.